The maximum atomic E-state index is 12.2. The Bertz CT molecular complexity index is 875. The predicted molar refractivity (Wildman–Crippen MR) is 90.9 cm³/mol. The Morgan fingerprint density at radius 1 is 1.18 bits per heavy atom. The van der Waals surface area contributed by atoms with E-state index in [4.69, 9.17) is 0 Å². The van der Waals surface area contributed by atoms with Crippen LogP contribution in [-0.4, -0.2) is 10.5 Å². The third kappa shape index (κ3) is 3.02. The van der Waals surface area contributed by atoms with E-state index in [-0.39, 0.29) is 5.91 Å². The molecule has 0 aliphatic rings. The highest BCUT2D eigenvalue weighted by molar-refractivity contribution is 7.16. The average Bonchev–Trinajstić information content (AvgIpc) is 2.84. The van der Waals surface area contributed by atoms with Gasteiger partial charge in [-0.15, -0.1) is 0 Å². The van der Waals surface area contributed by atoms with E-state index in [1.165, 1.54) is 10.3 Å². The largest absolute Gasteiger partial charge is 0.317 e. The van der Waals surface area contributed by atoms with Gasteiger partial charge in [-0.1, -0.05) is 47.7 Å². The SMILES string of the molecule is CCn1c(=NC(=O)Cc2ccccc2)sc2cc(C)ccc21. The highest BCUT2D eigenvalue weighted by atomic mass is 32.1. The molecule has 0 atom stereocenters. The van der Waals surface area contributed by atoms with Gasteiger partial charge in [-0.05, 0) is 37.1 Å². The van der Waals surface area contributed by atoms with E-state index >= 15 is 0 Å². The topological polar surface area (TPSA) is 34.4 Å². The summed E-state index contributed by atoms with van der Waals surface area (Å²) in [5.74, 6) is -0.100. The van der Waals surface area contributed by atoms with Gasteiger partial charge in [0.25, 0.3) is 5.91 Å². The van der Waals surface area contributed by atoms with Gasteiger partial charge in [-0.25, -0.2) is 0 Å². The number of benzene rings is 2. The minimum atomic E-state index is -0.100. The second kappa shape index (κ2) is 6.28. The molecule has 0 fully saturated rings. The normalized spacial score (nSPS) is 12.0. The molecule has 0 saturated carbocycles. The lowest BCUT2D eigenvalue weighted by Crippen LogP contribution is -2.16. The lowest BCUT2D eigenvalue weighted by Gasteiger charge is -2.00. The number of aryl methyl sites for hydroxylation is 2. The summed E-state index contributed by atoms with van der Waals surface area (Å²) in [5.41, 5.74) is 3.36. The molecular weight excluding hydrogens is 292 g/mol. The molecule has 1 amide bonds. The van der Waals surface area contributed by atoms with Crippen molar-refractivity contribution in [1.29, 1.82) is 0 Å². The fourth-order valence-corrected chi connectivity index (χ4v) is 3.70. The Morgan fingerprint density at radius 3 is 2.68 bits per heavy atom. The molecule has 3 rings (SSSR count). The first-order valence-corrected chi connectivity index (χ1v) is 8.20. The van der Waals surface area contributed by atoms with Crippen LogP contribution in [0.4, 0.5) is 0 Å². The number of aromatic nitrogens is 1. The summed E-state index contributed by atoms with van der Waals surface area (Å²) in [7, 11) is 0. The number of carbonyl (C=O) groups is 1. The highest BCUT2D eigenvalue weighted by Crippen LogP contribution is 2.18. The number of amides is 1. The summed E-state index contributed by atoms with van der Waals surface area (Å²) < 4.78 is 3.27. The average molecular weight is 310 g/mol. The summed E-state index contributed by atoms with van der Waals surface area (Å²) >= 11 is 1.58. The van der Waals surface area contributed by atoms with Crippen molar-refractivity contribution in [2.24, 2.45) is 4.99 Å². The van der Waals surface area contributed by atoms with Crippen molar-refractivity contribution < 1.29 is 4.79 Å². The molecule has 0 bridgehead atoms. The molecule has 0 radical (unpaired) electrons. The van der Waals surface area contributed by atoms with E-state index in [9.17, 15) is 4.79 Å². The quantitative estimate of drug-likeness (QED) is 0.726. The fraction of sp³-hybridized carbons (Fsp3) is 0.222. The van der Waals surface area contributed by atoms with Gasteiger partial charge in [0, 0.05) is 6.54 Å². The maximum absolute atomic E-state index is 12.2. The summed E-state index contributed by atoms with van der Waals surface area (Å²) in [6.07, 6.45) is 0.345. The Kier molecular flexibility index (Phi) is 4.20. The van der Waals surface area contributed by atoms with E-state index < -0.39 is 0 Å². The number of hydrogen-bond acceptors (Lipinski definition) is 2. The summed E-state index contributed by atoms with van der Waals surface area (Å²) in [5, 5.41) is 0. The van der Waals surface area contributed by atoms with Crippen molar-refractivity contribution in [3.05, 3.63) is 64.5 Å². The highest BCUT2D eigenvalue weighted by Gasteiger charge is 2.07. The number of carbonyl (C=O) groups excluding carboxylic acids is 1. The number of nitrogens with zero attached hydrogens (tertiary/aromatic N) is 2. The van der Waals surface area contributed by atoms with E-state index in [1.54, 1.807) is 11.3 Å². The van der Waals surface area contributed by atoms with Crippen LogP contribution in [0.1, 0.15) is 18.1 Å². The smallest absolute Gasteiger partial charge is 0.252 e. The van der Waals surface area contributed by atoms with Crippen LogP contribution in [-0.2, 0) is 17.8 Å². The first-order valence-electron chi connectivity index (χ1n) is 7.39. The summed E-state index contributed by atoms with van der Waals surface area (Å²) in [6.45, 7) is 4.96. The molecule has 1 aromatic heterocycles. The van der Waals surface area contributed by atoms with E-state index in [0.29, 0.717) is 6.42 Å². The fourth-order valence-electron chi connectivity index (χ4n) is 2.49. The Morgan fingerprint density at radius 2 is 1.95 bits per heavy atom. The van der Waals surface area contributed by atoms with Crippen molar-refractivity contribution in [1.82, 2.24) is 4.57 Å². The van der Waals surface area contributed by atoms with Crippen molar-refractivity contribution in [3.63, 3.8) is 0 Å². The van der Waals surface area contributed by atoms with Crippen molar-refractivity contribution >= 4 is 27.5 Å². The monoisotopic (exact) mass is 310 g/mol. The molecule has 0 N–H and O–H groups in total. The van der Waals surface area contributed by atoms with Crippen molar-refractivity contribution in [2.75, 3.05) is 0 Å². The first kappa shape index (κ1) is 14.7. The standard InChI is InChI=1S/C18H18N2OS/c1-3-20-15-10-9-13(2)11-16(15)22-18(20)19-17(21)12-14-7-5-4-6-8-14/h4-11H,3,12H2,1-2H3. The van der Waals surface area contributed by atoms with Crippen LogP contribution in [0.5, 0.6) is 0 Å². The van der Waals surface area contributed by atoms with Crippen LogP contribution < -0.4 is 4.80 Å². The lowest BCUT2D eigenvalue weighted by atomic mass is 10.1. The van der Waals surface area contributed by atoms with Gasteiger partial charge in [-0.3, -0.25) is 4.79 Å². The van der Waals surface area contributed by atoms with E-state index in [0.717, 1.165) is 22.4 Å². The Hall–Kier alpha value is -2.20. The van der Waals surface area contributed by atoms with Crippen LogP contribution in [0.3, 0.4) is 0 Å². The molecule has 4 heteroatoms. The summed E-state index contributed by atoms with van der Waals surface area (Å²) in [4.78, 5) is 17.3. The molecule has 0 unspecified atom stereocenters. The first-order chi connectivity index (χ1) is 10.7. The zero-order valence-electron chi connectivity index (χ0n) is 12.7. The Labute approximate surface area is 133 Å². The minimum absolute atomic E-state index is 0.100. The van der Waals surface area contributed by atoms with Gasteiger partial charge < -0.3 is 4.57 Å². The molecule has 112 valence electrons. The van der Waals surface area contributed by atoms with Crippen molar-refractivity contribution in [3.8, 4) is 0 Å². The third-order valence-electron chi connectivity index (χ3n) is 3.57. The molecule has 22 heavy (non-hydrogen) atoms. The molecule has 3 nitrogen and oxygen atoms in total. The van der Waals surface area contributed by atoms with Crippen LogP contribution in [0.2, 0.25) is 0 Å². The zero-order chi connectivity index (χ0) is 15.5. The number of rotatable bonds is 3. The maximum Gasteiger partial charge on any atom is 0.252 e. The van der Waals surface area contributed by atoms with Crippen LogP contribution in [0, 0.1) is 6.92 Å². The molecule has 0 spiro atoms. The van der Waals surface area contributed by atoms with Gasteiger partial charge in [0.2, 0.25) is 0 Å². The molecule has 3 aromatic rings. The van der Waals surface area contributed by atoms with Crippen LogP contribution >= 0.6 is 11.3 Å². The third-order valence-corrected chi connectivity index (χ3v) is 4.61. The van der Waals surface area contributed by atoms with Gasteiger partial charge in [-0.2, -0.15) is 4.99 Å². The molecule has 0 aliphatic heterocycles. The van der Waals surface area contributed by atoms with Gasteiger partial charge >= 0.3 is 0 Å². The Balaban J connectivity index is 1.99. The number of hydrogen-bond donors (Lipinski definition) is 0. The second-order valence-electron chi connectivity index (χ2n) is 5.27. The van der Waals surface area contributed by atoms with Gasteiger partial charge in [0.05, 0.1) is 16.6 Å². The predicted octanol–water partition coefficient (Wildman–Crippen LogP) is 3.70. The van der Waals surface area contributed by atoms with Gasteiger partial charge in [0.15, 0.2) is 4.80 Å². The van der Waals surface area contributed by atoms with Crippen LogP contribution in [0.25, 0.3) is 10.2 Å². The summed E-state index contributed by atoms with van der Waals surface area (Å²) in [6, 6.07) is 16.1. The molecular formula is C18H18N2OS. The number of thiazole rings is 1. The molecule has 0 saturated heterocycles. The number of fused-ring (bicyclic) bond motifs is 1. The minimum Gasteiger partial charge on any atom is -0.317 e. The zero-order valence-corrected chi connectivity index (χ0v) is 13.6. The van der Waals surface area contributed by atoms with E-state index in [1.807, 2.05) is 30.3 Å². The van der Waals surface area contributed by atoms with Crippen LogP contribution in [0.15, 0.2) is 53.5 Å². The molecule has 1 heterocycles. The lowest BCUT2D eigenvalue weighted by molar-refractivity contribution is -0.117. The molecule has 0 aliphatic carbocycles. The van der Waals surface area contributed by atoms with E-state index in [2.05, 4.69) is 41.6 Å². The van der Waals surface area contributed by atoms with Gasteiger partial charge in [0.1, 0.15) is 0 Å². The van der Waals surface area contributed by atoms with Crippen molar-refractivity contribution in [2.45, 2.75) is 26.8 Å². The molecule has 2 aromatic carbocycles. The second-order valence-corrected chi connectivity index (χ2v) is 6.28.